The second-order valence-corrected chi connectivity index (χ2v) is 10.4. The average molecular weight is 551 g/mol. The molecule has 9 nitrogen and oxygen atoms in total. The van der Waals surface area contributed by atoms with Gasteiger partial charge >= 0.3 is 5.91 Å². The smallest absolute Gasteiger partial charge is 0.301 e. The lowest BCUT2D eigenvalue weighted by atomic mass is 9.95. The van der Waals surface area contributed by atoms with Crippen LogP contribution in [-0.2, 0) is 9.59 Å². The lowest BCUT2D eigenvalue weighted by Crippen LogP contribution is -2.29. The lowest BCUT2D eigenvalue weighted by Gasteiger charge is -2.24. The summed E-state index contributed by atoms with van der Waals surface area (Å²) < 4.78 is 23.1. The van der Waals surface area contributed by atoms with Crippen LogP contribution in [-0.4, -0.2) is 48.2 Å². The summed E-state index contributed by atoms with van der Waals surface area (Å²) in [6.07, 6.45) is 2.45. The number of aliphatic hydroxyl groups excluding tert-OH is 1. The SMILES string of the molecule is CCOc1cc(C2C(=C(O)c3ccc4c(c3)OCCO4)C(=O)C(=O)N2c2nccs2)ccc1OCCC(C)C. The number of hydrogen-bond donors (Lipinski definition) is 1. The van der Waals surface area contributed by atoms with Gasteiger partial charge in [0.25, 0.3) is 5.78 Å². The van der Waals surface area contributed by atoms with E-state index in [1.807, 2.05) is 6.92 Å². The number of carbonyl (C=O) groups is 2. The summed E-state index contributed by atoms with van der Waals surface area (Å²) in [4.78, 5) is 32.4. The number of rotatable bonds is 9. The van der Waals surface area contributed by atoms with Crippen LogP contribution in [0.1, 0.15) is 44.4 Å². The van der Waals surface area contributed by atoms with E-state index in [1.54, 1.807) is 48.0 Å². The molecule has 2 aliphatic rings. The molecule has 204 valence electrons. The van der Waals surface area contributed by atoms with Gasteiger partial charge in [0, 0.05) is 17.1 Å². The van der Waals surface area contributed by atoms with Gasteiger partial charge < -0.3 is 24.1 Å². The van der Waals surface area contributed by atoms with E-state index >= 15 is 0 Å². The van der Waals surface area contributed by atoms with Gasteiger partial charge in [-0.3, -0.25) is 14.5 Å². The van der Waals surface area contributed by atoms with Gasteiger partial charge in [-0.2, -0.15) is 0 Å². The molecule has 0 bridgehead atoms. The maximum atomic E-state index is 13.4. The van der Waals surface area contributed by atoms with Gasteiger partial charge in [0.2, 0.25) is 0 Å². The molecular weight excluding hydrogens is 520 g/mol. The maximum absolute atomic E-state index is 13.4. The largest absolute Gasteiger partial charge is 0.507 e. The normalized spacial score (nSPS) is 18.1. The predicted octanol–water partition coefficient (Wildman–Crippen LogP) is 5.36. The van der Waals surface area contributed by atoms with Crippen LogP contribution in [0.3, 0.4) is 0 Å². The number of Topliss-reactive ketones (excluding diaryl/α,β-unsaturated/α-hetero) is 1. The summed E-state index contributed by atoms with van der Waals surface area (Å²) in [7, 11) is 0. The van der Waals surface area contributed by atoms with Crippen molar-refractivity contribution in [1.82, 2.24) is 4.98 Å². The molecule has 3 aromatic rings. The number of amides is 1. The van der Waals surface area contributed by atoms with Crippen molar-refractivity contribution in [2.75, 3.05) is 31.3 Å². The fourth-order valence-corrected chi connectivity index (χ4v) is 5.18. The monoisotopic (exact) mass is 550 g/mol. The quantitative estimate of drug-likeness (QED) is 0.215. The summed E-state index contributed by atoms with van der Waals surface area (Å²) in [6.45, 7) is 7.84. The zero-order valence-electron chi connectivity index (χ0n) is 22.0. The topological polar surface area (TPSA) is 107 Å². The van der Waals surface area contributed by atoms with Crippen molar-refractivity contribution < 1.29 is 33.6 Å². The van der Waals surface area contributed by atoms with Crippen molar-refractivity contribution in [3.63, 3.8) is 0 Å². The molecule has 2 aliphatic heterocycles. The number of aliphatic hydroxyl groups is 1. The maximum Gasteiger partial charge on any atom is 0.301 e. The molecule has 1 amide bonds. The summed E-state index contributed by atoms with van der Waals surface area (Å²) in [5.74, 6) is 0.650. The van der Waals surface area contributed by atoms with Crippen molar-refractivity contribution in [2.24, 2.45) is 5.92 Å². The highest BCUT2D eigenvalue weighted by molar-refractivity contribution is 7.14. The number of anilines is 1. The second-order valence-electron chi connectivity index (χ2n) is 9.51. The number of nitrogens with zero attached hydrogens (tertiary/aromatic N) is 2. The molecule has 1 aromatic heterocycles. The minimum atomic E-state index is -0.937. The Labute approximate surface area is 230 Å². The lowest BCUT2D eigenvalue weighted by molar-refractivity contribution is -0.132. The molecule has 2 aromatic carbocycles. The summed E-state index contributed by atoms with van der Waals surface area (Å²) in [5.41, 5.74) is 0.853. The van der Waals surface area contributed by atoms with Gasteiger partial charge in [0.1, 0.15) is 19.0 Å². The average Bonchev–Trinajstić information content (AvgIpc) is 3.55. The number of ether oxygens (including phenoxy) is 4. The van der Waals surface area contributed by atoms with Crippen molar-refractivity contribution in [2.45, 2.75) is 33.2 Å². The molecular formula is C29H30N2O7S. The van der Waals surface area contributed by atoms with Crippen molar-refractivity contribution in [1.29, 1.82) is 0 Å². The fourth-order valence-electron chi connectivity index (χ4n) is 4.51. The first kappa shape index (κ1) is 26.6. The molecule has 0 radical (unpaired) electrons. The zero-order valence-corrected chi connectivity index (χ0v) is 22.8. The molecule has 0 aliphatic carbocycles. The number of thiazole rings is 1. The van der Waals surface area contributed by atoms with Gasteiger partial charge in [-0.1, -0.05) is 19.9 Å². The van der Waals surface area contributed by atoms with Crippen LogP contribution in [0, 0.1) is 5.92 Å². The van der Waals surface area contributed by atoms with Crippen LogP contribution in [0.25, 0.3) is 5.76 Å². The molecule has 0 spiro atoms. The highest BCUT2D eigenvalue weighted by atomic mass is 32.1. The molecule has 39 heavy (non-hydrogen) atoms. The zero-order chi connectivity index (χ0) is 27.5. The summed E-state index contributed by atoms with van der Waals surface area (Å²) >= 11 is 1.23. The van der Waals surface area contributed by atoms with Gasteiger partial charge in [0.15, 0.2) is 28.1 Å². The van der Waals surface area contributed by atoms with E-state index < -0.39 is 17.7 Å². The first-order valence-corrected chi connectivity index (χ1v) is 13.8. The molecule has 5 rings (SSSR count). The standard InChI is InChI=1S/C29H30N2O7S/c1-4-35-22-15-18(5-7-20(22)36-11-9-17(2)3)25-24(27(33)28(34)31(25)29-30-10-14-39-29)26(32)19-6-8-21-23(16-19)38-13-12-37-21/h5-8,10,14-17,25,32H,4,9,11-13H2,1-3H3. The Bertz CT molecular complexity index is 1400. The Morgan fingerprint density at radius 2 is 1.90 bits per heavy atom. The minimum absolute atomic E-state index is 0.0530. The first-order chi connectivity index (χ1) is 18.9. The van der Waals surface area contributed by atoms with Crippen LogP contribution in [0.4, 0.5) is 5.13 Å². The van der Waals surface area contributed by atoms with Crippen molar-refractivity contribution in [3.8, 4) is 23.0 Å². The molecule has 1 N–H and O–H groups in total. The molecule has 1 unspecified atom stereocenters. The molecule has 0 saturated carbocycles. The number of fused-ring (bicyclic) bond motifs is 1. The van der Waals surface area contributed by atoms with Crippen molar-refractivity contribution >= 4 is 33.9 Å². The Morgan fingerprint density at radius 1 is 1.10 bits per heavy atom. The Morgan fingerprint density at radius 3 is 2.62 bits per heavy atom. The molecule has 10 heteroatoms. The third-order valence-corrected chi connectivity index (χ3v) is 7.19. The Kier molecular flexibility index (Phi) is 7.74. The highest BCUT2D eigenvalue weighted by Crippen LogP contribution is 2.45. The van der Waals surface area contributed by atoms with E-state index in [2.05, 4.69) is 18.8 Å². The molecule has 3 heterocycles. The first-order valence-electron chi connectivity index (χ1n) is 12.9. The molecule has 1 atom stereocenters. The van der Waals surface area contributed by atoms with Crippen molar-refractivity contribution in [3.05, 3.63) is 64.7 Å². The predicted molar refractivity (Wildman–Crippen MR) is 147 cm³/mol. The number of ketones is 1. The van der Waals surface area contributed by atoms with Crippen LogP contribution in [0.2, 0.25) is 0 Å². The Hall–Kier alpha value is -4.05. The van der Waals surface area contributed by atoms with Gasteiger partial charge in [0.05, 0.1) is 24.8 Å². The summed E-state index contributed by atoms with van der Waals surface area (Å²) in [6, 6.07) is 9.28. The Balaban J connectivity index is 1.61. The van der Waals surface area contributed by atoms with Crippen LogP contribution < -0.4 is 23.8 Å². The van der Waals surface area contributed by atoms with Gasteiger partial charge in [-0.05, 0) is 55.2 Å². The van der Waals surface area contributed by atoms with E-state index in [0.717, 1.165) is 6.42 Å². The van der Waals surface area contributed by atoms with Crippen LogP contribution in [0.15, 0.2) is 53.5 Å². The third kappa shape index (κ3) is 5.29. The van der Waals surface area contributed by atoms with Crippen LogP contribution >= 0.6 is 11.3 Å². The van der Waals surface area contributed by atoms with E-state index in [0.29, 0.717) is 71.6 Å². The number of aromatic nitrogens is 1. The fraction of sp³-hybridized carbons (Fsp3) is 0.345. The molecule has 1 fully saturated rings. The van der Waals surface area contributed by atoms with E-state index in [-0.39, 0.29) is 11.3 Å². The highest BCUT2D eigenvalue weighted by Gasteiger charge is 2.48. The number of carbonyl (C=O) groups excluding carboxylic acids is 2. The second kappa shape index (κ2) is 11.4. The van der Waals surface area contributed by atoms with Gasteiger partial charge in [-0.25, -0.2) is 4.98 Å². The number of benzene rings is 2. The van der Waals surface area contributed by atoms with E-state index in [4.69, 9.17) is 18.9 Å². The molecule has 1 saturated heterocycles. The van der Waals surface area contributed by atoms with Gasteiger partial charge in [-0.15, -0.1) is 11.3 Å². The number of hydrogen-bond acceptors (Lipinski definition) is 9. The van der Waals surface area contributed by atoms with E-state index in [1.165, 1.54) is 16.2 Å². The van der Waals surface area contributed by atoms with Crippen LogP contribution in [0.5, 0.6) is 23.0 Å². The summed E-state index contributed by atoms with van der Waals surface area (Å²) in [5, 5.41) is 13.5. The third-order valence-electron chi connectivity index (χ3n) is 6.42. The minimum Gasteiger partial charge on any atom is -0.507 e. The van der Waals surface area contributed by atoms with E-state index in [9.17, 15) is 14.7 Å².